The molecular formula is C28H26Br3N3O4. The average molecular weight is 708 g/mol. The average Bonchev–Trinajstić information content (AvgIpc) is 2.91. The van der Waals surface area contributed by atoms with Crippen LogP contribution in [-0.4, -0.2) is 30.1 Å². The number of ether oxygens (including phenoxy) is 3. The van der Waals surface area contributed by atoms with Crippen molar-refractivity contribution in [3.63, 3.8) is 0 Å². The summed E-state index contributed by atoms with van der Waals surface area (Å²) in [6.45, 7) is 4.39. The molecular weight excluding hydrogens is 682 g/mol. The van der Waals surface area contributed by atoms with Crippen LogP contribution in [0.4, 0.5) is 0 Å². The van der Waals surface area contributed by atoms with Gasteiger partial charge in [0.1, 0.15) is 12.4 Å². The van der Waals surface area contributed by atoms with Crippen molar-refractivity contribution in [1.29, 1.82) is 0 Å². The Balaban J connectivity index is 1.72. The van der Waals surface area contributed by atoms with E-state index in [1.54, 1.807) is 38.6 Å². The smallest absolute Gasteiger partial charge is 0.282 e. The lowest BCUT2D eigenvalue weighted by Crippen LogP contribution is -2.23. The molecule has 1 heterocycles. The predicted molar refractivity (Wildman–Crippen MR) is 161 cm³/mol. The van der Waals surface area contributed by atoms with Crippen LogP contribution in [0, 0.1) is 0 Å². The van der Waals surface area contributed by atoms with Gasteiger partial charge in [-0.1, -0.05) is 67.7 Å². The third-order valence-electron chi connectivity index (χ3n) is 6.08. The number of hydrogen-bond acceptors (Lipinski definition) is 6. The Morgan fingerprint density at radius 1 is 1.00 bits per heavy atom. The van der Waals surface area contributed by atoms with Gasteiger partial charge in [0.25, 0.3) is 5.56 Å². The fourth-order valence-corrected chi connectivity index (χ4v) is 5.33. The zero-order valence-electron chi connectivity index (χ0n) is 21.3. The molecule has 0 spiro atoms. The summed E-state index contributed by atoms with van der Waals surface area (Å²) in [5.41, 5.74) is 2.05. The third-order valence-corrected chi connectivity index (χ3v) is 7.80. The van der Waals surface area contributed by atoms with Crippen LogP contribution in [0.25, 0.3) is 10.9 Å². The van der Waals surface area contributed by atoms with Crippen molar-refractivity contribution < 1.29 is 14.2 Å². The number of hydrogen-bond donors (Lipinski definition) is 0. The lowest BCUT2D eigenvalue weighted by molar-refractivity contribution is 0.265. The normalized spacial score (nSPS) is 12.2. The van der Waals surface area contributed by atoms with Crippen LogP contribution in [0.15, 0.2) is 71.8 Å². The molecule has 0 unspecified atom stereocenters. The van der Waals surface area contributed by atoms with E-state index in [0.717, 1.165) is 25.4 Å². The van der Waals surface area contributed by atoms with Crippen molar-refractivity contribution >= 4 is 64.9 Å². The summed E-state index contributed by atoms with van der Waals surface area (Å²) >= 11 is 10.5. The first kappa shape index (κ1) is 28.3. The lowest BCUT2D eigenvalue weighted by atomic mass is 10.1. The number of methoxy groups -OCH3 is 2. The molecule has 4 rings (SSSR count). The summed E-state index contributed by atoms with van der Waals surface area (Å²) in [7, 11) is 3.13. The van der Waals surface area contributed by atoms with Gasteiger partial charge in [0.2, 0.25) is 5.75 Å². The van der Waals surface area contributed by atoms with E-state index in [1.165, 1.54) is 4.68 Å². The van der Waals surface area contributed by atoms with Crippen molar-refractivity contribution in [1.82, 2.24) is 9.66 Å². The molecule has 0 bridgehead atoms. The Hall–Kier alpha value is -2.69. The minimum Gasteiger partial charge on any atom is -0.493 e. The molecule has 38 heavy (non-hydrogen) atoms. The Labute approximate surface area is 246 Å². The van der Waals surface area contributed by atoms with Gasteiger partial charge >= 0.3 is 0 Å². The minimum absolute atomic E-state index is 0.0330. The van der Waals surface area contributed by atoms with E-state index in [2.05, 4.69) is 59.8 Å². The molecule has 3 aromatic carbocycles. The topological polar surface area (TPSA) is 74.9 Å². The van der Waals surface area contributed by atoms with Crippen molar-refractivity contribution in [3.8, 4) is 17.2 Å². The van der Waals surface area contributed by atoms with Crippen LogP contribution in [-0.2, 0) is 6.61 Å². The summed E-state index contributed by atoms with van der Waals surface area (Å²) in [4.78, 5) is 18.2. The van der Waals surface area contributed by atoms with Gasteiger partial charge in [-0.2, -0.15) is 9.78 Å². The van der Waals surface area contributed by atoms with Gasteiger partial charge in [0.15, 0.2) is 11.5 Å². The zero-order valence-corrected chi connectivity index (χ0v) is 26.1. The van der Waals surface area contributed by atoms with E-state index in [4.69, 9.17) is 19.2 Å². The van der Waals surface area contributed by atoms with E-state index in [1.807, 2.05) is 37.3 Å². The summed E-state index contributed by atoms with van der Waals surface area (Å²) in [5.74, 6) is 2.06. The van der Waals surface area contributed by atoms with Gasteiger partial charge in [-0.3, -0.25) is 4.79 Å². The molecule has 0 saturated heterocycles. The molecule has 0 fully saturated rings. The number of fused-ring (bicyclic) bond motifs is 1. The molecule has 0 aliphatic heterocycles. The lowest BCUT2D eigenvalue weighted by Gasteiger charge is -2.16. The highest BCUT2D eigenvalue weighted by atomic mass is 79.9. The quantitative estimate of drug-likeness (QED) is 0.167. The molecule has 0 N–H and O–H groups in total. The number of nitrogens with zero attached hydrogens (tertiary/aromatic N) is 3. The van der Waals surface area contributed by atoms with Crippen molar-refractivity contribution in [2.75, 3.05) is 14.2 Å². The maximum absolute atomic E-state index is 13.4. The third kappa shape index (κ3) is 6.13. The maximum Gasteiger partial charge on any atom is 0.282 e. The Bertz CT molecular complexity index is 1540. The van der Waals surface area contributed by atoms with E-state index < -0.39 is 0 Å². The van der Waals surface area contributed by atoms with Gasteiger partial charge < -0.3 is 14.2 Å². The minimum atomic E-state index is -0.234. The first-order valence-corrected chi connectivity index (χ1v) is 14.2. The molecule has 1 aromatic heterocycles. The molecule has 0 radical (unpaired) electrons. The van der Waals surface area contributed by atoms with E-state index in [0.29, 0.717) is 46.1 Å². The monoisotopic (exact) mass is 705 g/mol. The second-order valence-corrected chi connectivity index (χ2v) is 11.3. The molecule has 4 aromatic rings. The molecule has 0 aliphatic carbocycles. The second kappa shape index (κ2) is 12.4. The molecule has 0 saturated carbocycles. The molecule has 7 nitrogen and oxygen atoms in total. The van der Waals surface area contributed by atoms with Crippen molar-refractivity contribution in [2.24, 2.45) is 5.10 Å². The highest BCUT2D eigenvalue weighted by Crippen LogP contribution is 2.39. The predicted octanol–water partition coefficient (Wildman–Crippen LogP) is 7.68. The van der Waals surface area contributed by atoms with Crippen molar-refractivity contribution in [2.45, 2.75) is 32.8 Å². The fraction of sp³-hybridized carbons (Fsp3) is 0.250. The van der Waals surface area contributed by atoms with Crippen molar-refractivity contribution in [3.05, 3.63) is 89.3 Å². The highest BCUT2D eigenvalue weighted by molar-refractivity contribution is 9.11. The molecule has 10 heteroatoms. The number of aromatic nitrogens is 2. The second-order valence-electron chi connectivity index (χ2n) is 8.58. The maximum atomic E-state index is 13.4. The molecule has 198 valence electrons. The highest BCUT2D eigenvalue weighted by Gasteiger charge is 2.17. The summed E-state index contributed by atoms with van der Waals surface area (Å²) in [6.07, 6.45) is 2.41. The number of rotatable bonds is 9. The van der Waals surface area contributed by atoms with Gasteiger partial charge in [0.05, 0.1) is 31.3 Å². The SMILES string of the molecule is CC[C@H](C)c1nc2ccc(Br)cc2c(=O)n1N=Cc1cc(OC)c(OCc2ccc(Br)cc2Br)c(OC)c1. The molecule has 0 aliphatic rings. The van der Waals surface area contributed by atoms with Crippen LogP contribution in [0.5, 0.6) is 17.2 Å². The number of benzene rings is 3. The Kier molecular flexibility index (Phi) is 9.27. The number of halogens is 3. The van der Waals surface area contributed by atoms with Gasteiger partial charge in [0, 0.05) is 30.5 Å². The van der Waals surface area contributed by atoms with Gasteiger partial charge in [-0.05, 0) is 48.9 Å². The van der Waals surface area contributed by atoms with Gasteiger partial charge in [-0.15, -0.1) is 0 Å². The summed E-state index contributed by atoms with van der Waals surface area (Å²) < 4.78 is 21.4. The molecule has 1 atom stereocenters. The fourth-order valence-electron chi connectivity index (χ4n) is 3.81. The molecule has 0 amide bonds. The van der Waals surface area contributed by atoms with E-state index in [-0.39, 0.29) is 11.5 Å². The van der Waals surface area contributed by atoms with E-state index in [9.17, 15) is 4.79 Å². The van der Waals surface area contributed by atoms with Crippen LogP contribution < -0.4 is 19.8 Å². The van der Waals surface area contributed by atoms with E-state index >= 15 is 0 Å². The first-order valence-electron chi connectivity index (χ1n) is 11.8. The standard InChI is InChI=1S/C28H26Br3N3O4/c1-5-16(2)27-33-23-9-8-19(29)12-21(23)28(35)34(27)32-14-17-10-24(36-3)26(25(11-17)37-4)38-15-18-6-7-20(30)13-22(18)31/h6-14,16H,5,15H2,1-4H3/t16-/m0/s1. The van der Waals surface area contributed by atoms with Crippen LogP contribution in [0.3, 0.4) is 0 Å². The largest absolute Gasteiger partial charge is 0.493 e. The summed E-state index contributed by atoms with van der Waals surface area (Å²) in [6, 6.07) is 14.9. The zero-order chi connectivity index (χ0) is 27.4. The van der Waals surface area contributed by atoms with Crippen LogP contribution in [0.2, 0.25) is 0 Å². The Morgan fingerprint density at radius 2 is 1.66 bits per heavy atom. The first-order chi connectivity index (χ1) is 18.2. The summed E-state index contributed by atoms with van der Waals surface area (Å²) in [5, 5.41) is 5.05. The van der Waals surface area contributed by atoms with Crippen LogP contribution >= 0.6 is 47.8 Å². The van der Waals surface area contributed by atoms with Crippen LogP contribution in [0.1, 0.15) is 43.1 Å². The van der Waals surface area contributed by atoms with Gasteiger partial charge in [-0.25, -0.2) is 4.98 Å². The Morgan fingerprint density at radius 3 is 2.29 bits per heavy atom.